The minimum atomic E-state index is -1.20. The molecule has 2 aromatic carbocycles. The van der Waals surface area contributed by atoms with Crippen LogP contribution in [0.15, 0.2) is 36.4 Å². The van der Waals surface area contributed by atoms with Crippen LogP contribution in [0.1, 0.15) is 35.6 Å². The third-order valence-electron chi connectivity index (χ3n) is 5.53. The summed E-state index contributed by atoms with van der Waals surface area (Å²) < 4.78 is 5.17. The zero-order valence-electron chi connectivity index (χ0n) is 18.0. The molecule has 7 heteroatoms. The van der Waals surface area contributed by atoms with Gasteiger partial charge in [0.2, 0.25) is 5.91 Å². The maximum absolute atomic E-state index is 13.2. The van der Waals surface area contributed by atoms with Gasteiger partial charge in [0, 0.05) is 5.69 Å². The molecule has 0 saturated carbocycles. The fraction of sp³-hybridized carbons (Fsp3) is 0.348. The van der Waals surface area contributed by atoms with E-state index >= 15 is 0 Å². The molecule has 2 aromatic rings. The van der Waals surface area contributed by atoms with Crippen LogP contribution < -0.4 is 15.4 Å². The van der Waals surface area contributed by atoms with E-state index in [1.165, 1.54) is 0 Å². The first-order valence-corrected chi connectivity index (χ1v) is 9.88. The largest absolute Gasteiger partial charge is 0.497 e. The van der Waals surface area contributed by atoms with Crippen LogP contribution in [-0.4, -0.2) is 36.4 Å². The molecule has 0 aromatic heterocycles. The number of ether oxygens (including phenoxy) is 1. The number of nitrogens with zero attached hydrogens (tertiary/aromatic N) is 1. The smallest absolute Gasteiger partial charge is 0.325 e. The first-order valence-electron chi connectivity index (χ1n) is 9.88. The molecule has 1 heterocycles. The van der Waals surface area contributed by atoms with E-state index in [4.69, 9.17) is 4.74 Å². The molecule has 7 nitrogen and oxygen atoms in total. The van der Waals surface area contributed by atoms with Crippen molar-refractivity contribution >= 4 is 23.5 Å². The summed E-state index contributed by atoms with van der Waals surface area (Å²) in [6, 6.07) is 10.4. The van der Waals surface area contributed by atoms with Gasteiger partial charge in [-0.1, -0.05) is 36.8 Å². The molecular formula is C23H27N3O4. The van der Waals surface area contributed by atoms with Crippen molar-refractivity contribution < 1.29 is 19.1 Å². The van der Waals surface area contributed by atoms with Crippen molar-refractivity contribution in [2.75, 3.05) is 19.0 Å². The Morgan fingerprint density at radius 1 is 1.10 bits per heavy atom. The Kier molecular flexibility index (Phi) is 5.82. The van der Waals surface area contributed by atoms with E-state index < -0.39 is 23.4 Å². The van der Waals surface area contributed by atoms with Gasteiger partial charge in [-0.25, -0.2) is 4.79 Å². The summed E-state index contributed by atoms with van der Waals surface area (Å²) >= 11 is 0. The van der Waals surface area contributed by atoms with E-state index in [9.17, 15) is 14.4 Å². The second-order valence-electron chi connectivity index (χ2n) is 7.63. The molecule has 0 spiro atoms. The minimum Gasteiger partial charge on any atom is -0.497 e. The Balaban J connectivity index is 1.81. The molecule has 0 aliphatic carbocycles. The lowest BCUT2D eigenvalue weighted by Gasteiger charge is -2.26. The van der Waals surface area contributed by atoms with E-state index in [1.54, 1.807) is 31.4 Å². The molecule has 158 valence electrons. The van der Waals surface area contributed by atoms with Crippen molar-refractivity contribution in [1.29, 1.82) is 0 Å². The second kappa shape index (κ2) is 8.18. The number of benzene rings is 2. The number of nitrogens with one attached hydrogen (secondary N) is 2. The second-order valence-corrected chi connectivity index (χ2v) is 7.63. The van der Waals surface area contributed by atoms with Crippen LogP contribution in [0.25, 0.3) is 0 Å². The maximum Gasteiger partial charge on any atom is 0.325 e. The predicted octanol–water partition coefficient (Wildman–Crippen LogP) is 3.42. The summed E-state index contributed by atoms with van der Waals surface area (Å²) in [5.41, 5.74) is 3.12. The average Bonchev–Trinajstić information content (AvgIpc) is 2.96. The molecule has 2 N–H and O–H groups in total. The van der Waals surface area contributed by atoms with E-state index in [0.717, 1.165) is 21.6 Å². The quantitative estimate of drug-likeness (QED) is 0.716. The van der Waals surface area contributed by atoms with Crippen molar-refractivity contribution in [3.63, 3.8) is 0 Å². The van der Waals surface area contributed by atoms with Crippen LogP contribution in [0.5, 0.6) is 5.75 Å². The average molecular weight is 409 g/mol. The molecule has 1 aliphatic rings. The number of urea groups is 1. The molecule has 0 unspecified atom stereocenters. The summed E-state index contributed by atoms with van der Waals surface area (Å²) in [6.07, 6.45) is 0.359. The number of hydrogen-bond acceptors (Lipinski definition) is 4. The zero-order valence-corrected chi connectivity index (χ0v) is 18.0. The van der Waals surface area contributed by atoms with Crippen molar-refractivity contribution in [2.24, 2.45) is 0 Å². The number of anilines is 1. The van der Waals surface area contributed by atoms with E-state index in [0.29, 0.717) is 23.4 Å². The number of aryl methyl sites for hydroxylation is 3. The number of methoxy groups -OCH3 is 1. The molecule has 0 radical (unpaired) electrons. The Labute approximate surface area is 176 Å². The first-order chi connectivity index (χ1) is 14.2. The van der Waals surface area contributed by atoms with Gasteiger partial charge in [0.05, 0.1) is 7.11 Å². The topological polar surface area (TPSA) is 87.7 Å². The molecule has 1 atom stereocenters. The normalized spacial score (nSPS) is 18.4. The van der Waals surface area contributed by atoms with Gasteiger partial charge in [0.25, 0.3) is 5.91 Å². The lowest BCUT2D eigenvalue weighted by atomic mass is 9.87. The number of carbonyl (C=O) groups excluding carboxylic acids is 3. The van der Waals surface area contributed by atoms with Crippen LogP contribution in [0.3, 0.4) is 0 Å². The van der Waals surface area contributed by atoms with Gasteiger partial charge in [-0.3, -0.25) is 14.5 Å². The first kappa shape index (κ1) is 21.4. The number of amides is 4. The van der Waals surface area contributed by atoms with Crippen LogP contribution in [-0.2, 0) is 15.1 Å². The SMILES string of the molecule is CC[C@@]1(c2ccc(OC)cc2)NC(=O)N(CC(=O)Nc2c(C)cc(C)cc2C)C1=O. The Morgan fingerprint density at radius 2 is 1.70 bits per heavy atom. The van der Waals surface area contributed by atoms with Gasteiger partial charge in [-0.15, -0.1) is 0 Å². The number of rotatable bonds is 6. The van der Waals surface area contributed by atoms with Gasteiger partial charge in [-0.2, -0.15) is 0 Å². The Hall–Kier alpha value is -3.35. The van der Waals surface area contributed by atoms with E-state index in [2.05, 4.69) is 10.6 Å². The molecule has 1 saturated heterocycles. The Bertz CT molecular complexity index is 977. The van der Waals surface area contributed by atoms with Crippen LogP contribution in [0.2, 0.25) is 0 Å². The van der Waals surface area contributed by atoms with Crippen LogP contribution >= 0.6 is 0 Å². The van der Waals surface area contributed by atoms with Crippen LogP contribution in [0.4, 0.5) is 10.5 Å². The fourth-order valence-corrected chi connectivity index (χ4v) is 3.98. The van der Waals surface area contributed by atoms with Gasteiger partial charge in [0.1, 0.15) is 17.8 Å². The highest BCUT2D eigenvalue weighted by Crippen LogP contribution is 2.33. The highest BCUT2D eigenvalue weighted by Gasteiger charge is 2.51. The zero-order chi connectivity index (χ0) is 22.1. The third-order valence-corrected chi connectivity index (χ3v) is 5.53. The fourth-order valence-electron chi connectivity index (χ4n) is 3.98. The van der Waals surface area contributed by atoms with E-state index in [1.807, 2.05) is 39.8 Å². The highest BCUT2D eigenvalue weighted by atomic mass is 16.5. The van der Waals surface area contributed by atoms with Gasteiger partial charge < -0.3 is 15.4 Å². The molecule has 4 amide bonds. The van der Waals surface area contributed by atoms with Crippen molar-refractivity contribution in [1.82, 2.24) is 10.2 Å². The lowest BCUT2D eigenvalue weighted by Crippen LogP contribution is -2.44. The van der Waals surface area contributed by atoms with Crippen molar-refractivity contribution in [2.45, 2.75) is 39.7 Å². The third kappa shape index (κ3) is 3.75. The highest BCUT2D eigenvalue weighted by molar-refractivity contribution is 6.10. The lowest BCUT2D eigenvalue weighted by molar-refractivity contribution is -0.134. The summed E-state index contributed by atoms with van der Waals surface area (Å²) in [5.74, 6) is -0.204. The number of imide groups is 1. The minimum absolute atomic E-state index is 0.352. The molecule has 1 fully saturated rings. The summed E-state index contributed by atoms with van der Waals surface area (Å²) in [7, 11) is 1.56. The van der Waals surface area contributed by atoms with Gasteiger partial charge >= 0.3 is 6.03 Å². The monoisotopic (exact) mass is 409 g/mol. The van der Waals surface area contributed by atoms with E-state index in [-0.39, 0.29) is 6.54 Å². The summed E-state index contributed by atoms with van der Waals surface area (Å²) in [6.45, 7) is 7.28. The van der Waals surface area contributed by atoms with Crippen molar-refractivity contribution in [3.05, 3.63) is 58.7 Å². The van der Waals surface area contributed by atoms with Gasteiger partial charge in [0.15, 0.2) is 0 Å². The standard InChI is InChI=1S/C23H27N3O4/c1-6-23(17-7-9-18(30-5)10-8-17)21(28)26(22(29)25-23)13-19(27)24-20-15(3)11-14(2)12-16(20)4/h7-12H,6,13H2,1-5H3,(H,24,27)(H,25,29)/t23-/m0/s1. The Morgan fingerprint density at radius 3 is 2.23 bits per heavy atom. The molecule has 1 aliphatic heterocycles. The number of carbonyl (C=O) groups is 3. The number of hydrogen-bond donors (Lipinski definition) is 2. The van der Waals surface area contributed by atoms with Gasteiger partial charge in [-0.05, 0) is 56.0 Å². The molecule has 30 heavy (non-hydrogen) atoms. The predicted molar refractivity (Wildman–Crippen MR) is 114 cm³/mol. The van der Waals surface area contributed by atoms with Crippen molar-refractivity contribution in [3.8, 4) is 5.75 Å². The summed E-state index contributed by atoms with van der Waals surface area (Å²) in [5, 5.41) is 5.63. The molecule has 3 rings (SSSR count). The molecule has 0 bridgehead atoms. The molecular weight excluding hydrogens is 382 g/mol. The summed E-state index contributed by atoms with van der Waals surface area (Å²) in [4.78, 5) is 39.5. The van der Waals surface area contributed by atoms with Crippen LogP contribution in [0, 0.1) is 20.8 Å². The maximum atomic E-state index is 13.2.